The molecule has 15 heavy (non-hydrogen) atoms. The van der Waals surface area contributed by atoms with Gasteiger partial charge in [0.2, 0.25) is 0 Å². The van der Waals surface area contributed by atoms with Crippen molar-refractivity contribution in [3.05, 3.63) is 34.3 Å². The van der Waals surface area contributed by atoms with Gasteiger partial charge in [-0.25, -0.2) is 4.99 Å². The molecule has 0 saturated carbocycles. The molecule has 0 fully saturated rings. The van der Waals surface area contributed by atoms with Crippen molar-refractivity contribution in [2.75, 3.05) is 13.2 Å². The van der Waals surface area contributed by atoms with E-state index in [9.17, 15) is 0 Å². The highest BCUT2D eigenvalue weighted by atomic mass is 79.9. The van der Waals surface area contributed by atoms with Crippen molar-refractivity contribution in [3.8, 4) is 0 Å². The number of rotatable bonds is 3. The van der Waals surface area contributed by atoms with Crippen LogP contribution in [0.3, 0.4) is 0 Å². The maximum atomic E-state index is 5.45. The smallest absolute Gasteiger partial charge is 0.185 e. The van der Waals surface area contributed by atoms with Crippen LogP contribution in [-0.4, -0.2) is 19.0 Å². The summed E-state index contributed by atoms with van der Waals surface area (Å²) in [5, 5.41) is 0. The van der Waals surface area contributed by atoms with Gasteiger partial charge in [0.25, 0.3) is 0 Å². The van der Waals surface area contributed by atoms with E-state index in [0.717, 1.165) is 16.8 Å². The van der Waals surface area contributed by atoms with E-state index in [1.54, 1.807) is 0 Å². The van der Waals surface area contributed by atoms with Crippen LogP contribution < -0.4 is 5.73 Å². The zero-order chi connectivity index (χ0) is 10.7. The second-order valence-electron chi connectivity index (χ2n) is 3.44. The topological polar surface area (TPSA) is 47.6 Å². The summed E-state index contributed by atoms with van der Waals surface area (Å²) in [7, 11) is 0. The summed E-state index contributed by atoms with van der Waals surface area (Å²) in [5.41, 5.74) is 6.63. The summed E-state index contributed by atoms with van der Waals surface area (Å²) >= 11 is 3.41. The molecule has 1 aliphatic rings. The van der Waals surface area contributed by atoms with Crippen molar-refractivity contribution < 1.29 is 4.74 Å². The molecule has 0 bridgehead atoms. The van der Waals surface area contributed by atoms with Gasteiger partial charge < -0.3 is 10.5 Å². The molecular weight excluding hydrogens is 256 g/mol. The number of ether oxygens (including phenoxy) is 1. The van der Waals surface area contributed by atoms with Gasteiger partial charge >= 0.3 is 0 Å². The maximum Gasteiger partial charge on any atom is 0.185 e. The van der Waals surface area contributed by atoms with Crippen LogP contribution in [0.15, 0.2) is 33.7 Å². The minimum atomic E-state index is 0.139. The summed E-state index contributed by atoms with van der Waals surface area (Å²) in [6.07, 6.45) is 0.729. The van der Waals surface area contributed by atoms with E-state index >= 15 is 0 Å². The summed E-state index contributed by atoms with van der Waals surface area (Å²) < 4.78 is 6.53. The van der Waals surface area contributed by atoms with Crippen molar-refractivity contribution in [3.63, 3.8) is 0 Å². The Bertz CT molecular complexity index is 361. The van der Waals surface area contributed by atoms with Gasteiger partial charge in [0.15, 0.2) is 5.90 Å². The fourth-order valence-corrected chi connectivity index (χ4v) is 1.80. The van der Waals surface area contributed by atoms with Crippen molar-refractivity contribution >= 4 is 21.8 Å². The molecule has 0 saturated heterocycles. The van der Waals surface area contributed by atoms with Crippen LogP contribution in [0.2, 0.25) is 0 Å². The van der Waals surface area contributed by atoms with Crippen molar-refractivity contribution in [1.82, 2.24) is 0 Å². The number of halogens is 1. The summed E-state index contributed by atoms with van der Waals surface area (Å²) in [4.78, 5) is 4.48. The summed E-state index contributed by atoms with van der Waals surface area (Å²) in [5.74, 6) is 0.783. The fraction of sp³-hybridized carbons (Fsp3) is 0.364. The third-order valence-corrected chi connectivity index (χ3v) is 2.85. The molecule has 0 aromatic heterocycles. The Hall–Kier alpha value is -0.870. The van der Waals surface area contributed by atoms with E-state index in [0.29, 0.717) is 13.2 Å². The lowest BCUT2D eigenvalue weighted by Crippen LogP contribution is -2.07. The molecule has 4 heteroatoms. The van der Waals surface area contributed by atoms with Gasteiger partial charge in [0.05, 0.1) is 0 Å². The molecule has 1 heterocycles. The SMILES string of the molecule is NCCC1=NC(c2ccc(Br)cc2)CO1. The Morgan fingerprint density at radius 3 is 2.80 bits per heavy atom. The predicted octanol–water partition coefficient (Wildman–Crippen LogP) is 2.27. The molecule has 1 aliphatic heterocycles. The monoisotopic (exact) mass is 268 g/mol. The van der Waals surface area contributed by atoms with E-state index in [1.165, 1.54) is 5.56 Å². The van der Waals surface area contributed by atoms with Gasteiger partial charge in [-0.3, -0.25) is 0 Å². The summed E-state index contributed by atoms with van der Waals surface area (Å²) in [6, 6.07) is 8.30. The fourth-order valence-electron chi connectivity index (χ4n) is 1.54. The molecule has 1 unspecified atom stereocenters. The second kappa shape index (κ2) is 4.77. The zero-order valence-corrected chi connectivity index (χ0v) is 9.90. The predicted molar refractivity (Wildman–Crippen MR) is 63.9 cm³/mol. The zero-order valence-electron chi connectivity index (χ0n) is 8.32. The standard InChI is InChI=1S/C11H13BrN2O/c12-9-3-1-8(2-4-9)10-7-15-11(14-10)5-6-13/h1-4,10H,5-7,13H2. The summed E-state index contributed by atoms with van der Waals surface area (Å²) in [6.45, 7) is 1.23. The minimum Gasteiger partial charge on any atom is -0.478 e. The Balaban J connectivity index is 2.10. The number of aliphatic imine (C=N–C) groups is 1. The van der Waals surface area contributed by atoms with Crippen LogP contribution in [0, 0.1) is 0 Å². The first-order valence-corrected chi connectivity index (χ1v) is 5.74. The second-order valence-corrected chi connectivity index (χ2v) is 4.36. The Labute approximate surface area is 97.5 Å². The molecule has 2 N–H and O–H groups in total. The lowest BCUT2D eigenvalue weighted by Gasteiger charge is -2.04. The molecule has 0 amide bonds. The quantitative estimate of drug-likeness (QED) is 0.915. The van der Waals surface area contributed by atoms with Gasteiger partial charge in [-0.05, 0) is 17.7 Å². The van der Waals surface area contributed by atoms with E-state index in [1.807, 2.05) is 12.1 Å². The lowest BCUT2D eigenvalue weighted by molar-refractivity contribution is 0.312. The van der Waals surface area contributed by atoms with E-state index in [4.69, 9.17) is 10.5 Å². The molecule has 0 aliphatic carbocycles. The molecule has 1 aromatic carbocycles. The van der Waals surface area contributed by atoms with E-state index in [-0.39, 0.29) is 6.04 Å². The van der Waals surface area contributed by atoms with Crippen LogP contribution in [0.25, 0.3) is 0 Å². The molecule has 0 spiro atoms. The van der Waals surface area contributed by atoms with Crippen LogP contribution in [0.5, 0.6) is 0 Å². The Morgan fingerprint density at radius 2 is 2.13 bits per heavy atom. The van der Waals surface area contributed by atoms with Crippen molar-refractivity contribution in [2.45, 2.75) is 12.5 Å². The first kappa shape index (κ1) is 10.6. The lowest BCUT2D eigenvalue weighted by atomic mass is 10.1. The van der Waals surface area contributed by atoms with E-state index < -0.39 is 0 Å². The number of hydrogen-bond acceptors (Lipinski definition) is 3. The largest absolute Gasteiger partial charge is 0.478 e. The Morgan fingerprint density at radius 1 is 1.40 bits per heavy atom. The minimum absolute atomic E-state index is 0.139. The number of nitrogens with two attached hydrogens (primary N) is 1. The van der Waals surface area contributed by atoms with Crippen LogP contribution in [0.4, 0.5) is 0 Å². The van der Waals surface area contributed by atoms with Crippen LogP contribution >= 0.6 is 15.9 Å². The Kier molecular flexibility index (Phi) is 3.38. The number of benzene rings is 1. The van der Waals surface area contributed by atoms with Gasteiger partial charge in [-0.15, -0.1) is 0 Å². The first-order chi connectivity index (χ1) is 7.29. The molecule has 80 valence electrons. The van der Waals surface area contributed by atoms with Crippen molar-refractivity contribution in [1.29, 1.82) is 0 Å². The normalized spacial score (nSPS) is 19.9. The van der Waals surface area contributed by atoms with Gasteiger partial charge in [0.1, 0.15) is 12.6 Å². The average molecular weight is 269 g/mol. The molecule has 3 nitrogen and oxygen atoms in total. The molecule has 2 rings (SSSR count). The molecule has 0 radical (unpaired) electrons. The molecular formula is C11H13BrN2O. The van der Waals surface area contributed by atoms with E-state index in [2.05, 4.69) is 33.1 Å². The third-order valence-electron chi connectivity index (χ3n) is 2.32. The first-order valence-electron chi connectivity index (χ1n) is 4.94. The van der Waals surface area contributed by atoms with Crippen LogP contribution in [0.1, 0.15) is 18.0 Å². The highest BCUT2D eigenvalue weighted by molar-refractivity contribution is 9.10. The van der Waals surface area contributed by atoms with Gasteiger partial charge in [-0.2, -0.15) is 0 Å². The molecule has 1 aromatic rings. The number of hydrogen-bond donors (Lipinski definition) is 1. The highest BCUT2D eigenvalue weighted by Crippen LogP contribution is 2.24. The maximum absolute atomic E-state index is 5.45. The van der Waals surface area contributed by atoms with Crippen molar-refractivity contribution in [2.24, 2.45) is 10.7 Å². The average Bonchev–Trinajstić information content (AvgIpc) is 2.68. The third kappa shape index (κ3) is 2.58. The van der Waals surface area contributed by atoms with Gasteiger partial charge in [-0.1, -0.05) is 28.1 Å². The van der Waals surface area contributed by atoms with Gasteiger partial charge in [0, 0.05) is 17.4 Å². The highest BCUT2D eigenvalue weighted by Gasteiger charge is 2.19. The van der Waals surface area contributed by atoms with Crippen LogP contribution in [-0.2, 0) is 4.74 Å². The molecule has 1 atom stereocenters. The number of nitrogens with zero attached hydrogens (tertiary/aromatic N) is 1.